The molecule has 0 amide bonds. The quantitative estimate of drug-likeness (QED) is 0.418. The van der Waals surface area contributed by atoms with Crippen LogP contribution in [0.1, 0.15) is 107 Å². The molecule has 1 heteroatoms. The van der Waals surface area contributed by atoms with E-state index in [9.17, 15) is 5.11 Å². The van der Waals surface area contributed by atoms with E-state index < -0.39 is 0 Å². The molecule has 1 N–H and O–H groups in total. The lowest BCUT2D eigenvalue weighted by molar-refractivity contribution is -0.110. The highest BCUT2D eigenvalue weighted by Gasteiger charge is 2.65. The largest absolute Gasteiger partial charge is 0.393 e. The average molecular weight is 425 g/mol. The Bertz CT molecular complexity index is 833. The molecule has 0 aliphatic heterocycles. The van der Waals surface area contributed by atoms with Crippen LogP contribution >= 0.6 is 0 Å². The first-order chi connectivity index (χ1) is 14.3. The van der Waals surface area contributed by atoms with Gasteiger partial charge < -0.3 is 5.11 Å². The average Bonchev–Trinajstić information content (AvgIpc) is 2.65. The minimum absolute atomic E-state index is 0.130. The van der Waals surface area contributed by atoms with Crippen LogP contribution in [0, 0.1) is 50.7 Å². The van der Waals surface area contributed by atoms with Gasteiger partial charge in [-0.05, 0) is 102 Å². The Kier molecular flexibility index (Phi) is 4.68. The van der Waals surface area contributed by atoms with E-state index in [1.165, 1.54) is 38.5 Å². The highest BCUT2D eigenvalue weighted by atomic mass is 16.3. The summed E-state index contributed by atoms with van der Waals surface area (Å²) < 4.78 is 0. The van der Waals surface area contributed by atoms with Crippen LogP contribution < -0.4 is 0 Å². The number of hydrogen-bond donors (Lipinski definition) is 1. The van der Waals surface area contributed by atoms with Crippen molar-refractivity contribution < 1.29 is 5.11 Å². The van der Waals surface area contributed by atoms with Gasteiger partial charge in [0.2, 0.25) is 0 Å². The highest BCUT2D eigenvalue weighted by Crippen LogP contribution is 2.74. The molecule has 0 saturated heterocycles. The fraction of sp³-hybridized carbons (Fsp3) is 0.867. The molecule has 5 rings (SSSR count). The van der Waals surface area contributed by atoms with E-state index in [1.54, 1.807) is 11.1 Å². The minimum Gasteiger partial charge on any atom is -0.393 e. The number of aliphatic hydroxyl groups excluding tert-OH is 1. The van der Waals surface area contributed by atoms with Crippen molar-refractivity contribution in [2.45, 2.75) is 113 Å². The lowest BCUT2D eigenvalue weighted by Crippen LogP contribution is -2.60. The second-order valence-electron chi connectivity index (χ2n) is 14.4. The van der Waals surface area contributed by atoms with Gasteiger partial charge in [0, 0.05) is 0 Å². The van der Waals surface area contributed by atoms with E-state index >= 15 is 0 Å². The maximum Gasteiger partial charge on any atom is 0.0553 e. The van der Waals surface area contributed by atoms with Gasteiger partial charge in [0.15, 0.2) is 0 Å². The predicted octanol–water partition coefficient (Wildman–Crippen LogP) is 7.94. The van der Waals surface area contributed by atoms with Crippen LogP contribution in [0.2, 0.25) is 0 Å². The molecule has 31 heavy (non-hydrogen) atoms. The van der Waals surface area contributed by atoms with Crippen molar-refractivity contribution in [1.29, 1.82) is 0 Å². The van der Waals surface area contributed by atoms with Crippen molar-refractivity contribution in [3.8, 4) is 0 Å². The van der Waals surface area contributed by atoms with Crippen molar-refractivity contribution in [2.75, 3.05) is 0 Å². The standard InChI is InChI=1S/C30H48O/c1-19-11-13-27(5)15-16-29(7)22(25(27)20(19)2)9-10-24-28(6)18-21(31)17-26(3,4)23(28)12-14-30(24,29)8/h9-10,19-21,23,25,31H,11-18H2,1-8H3/t19-,20+,21?,23?,25?,27-,28+,29-,30-/m1/s1. The van der Waals surface area contributed by atoms with E-state index in [0.29, 0.717) is 11.3 Å². The summed E-state index contributed by atoms with van der Waals surface area (Å²) in [5, 5.41) is 10.9. The molecule has 3 unspecified atom stereocenters. The van der Waals surface area contributed by atoms with Crippen LogP contribution in [0.4, 0.5) is 0 Å². The van der Waals surface area contributed by atoms with Crippen molar-refractivity contribution in [3.63, 3.8) is 0 Å². The minimum atomic E-state index is -0.161. The third-order valence-electron chi connectivity index (χ3n) is 12.4. The predicted molar refractivity (Wildman–Crippen MR) is 131 cm³/mol. The van der Waals surface area contributed by atoms with Crippen LogP contribution in [-0.4, -0.2) is 11.2 Å². The smallest absolute Gasteiger partial charge is 0.0553 e. The zero-order chi connectivity index (χ0) is 22.6. The molecule has 1 nitrogen and oxygen atoms in total. The van der Waals surface area contributed by atoms with Crippen LogP contribution in [0.3, 0.4) is 0 Å². The normalized spacial score (nSPS) is 55.7. The Hall–Kier alpha value is -0.560. The Morgan fingerprint density at radius 3 is 2.23 bits per heavy atom. The molecule has 174 valence electrons. The summed E-state index contributed by atoms with van der Waals surface area (Å²) >= 11 is 0. The summed E-state index contributed by atoms with van der Waals surface area (Å²) in [6.07, 6.45) is 15.2. The van der Waals surface area contributed by atoms with E-state index in [0.717, 1.165) is 30.6 Å². The van der Waals surface area contributed by atoms with Crippen LogP contribution in [-0.2, 0) is 0 Å². The molecule has 0 aromatic carbocycles. The topological polar surface area (TPSA) is 20.2 Å². The summed E-state index contributed by atoms with van der Waals surface area (Å²) in [6.45, 7) is 20.3. The SMILES string of the molecule is C[C@@H]1CC[C@]2(C)CC[C@]3(C)C(=CC=C4[C@@]5(C)CC(O)CC(C)(C)C5CC[C@]43C)C2[C@H]1C. The number of aliphatic hydroxyl groups is 1. The zero-order valence-electron chi connectivity index (χ0n) is 21.6. The molecule has 5 aliphatic rings. The molecule has 9 atom stereocenters. The summed E-state index contributed by atoms with van der Waals surface area (Å²) in [5.74, 6) is 3.04. The van der Waals surface area contributed by atoms with Gasteiger partial charge >= 0.3 is 0 Å². The first-order valence-electron chi connectivity index (χ1n) is 13.4. The van der Waals surface area contributed by atoms with Gasteiger partial charge in [0.1, 0.15) is 0 Å². The van der Waals surface area contributed by atoms with Crippen LogP contribution in [0.15, 0.2) is 23.3 Å². The first-order valence-corrected chi connectivity index (χ1v) is 13.4. The van der Waals surface area contributed by atoms with Gasteiger partial charge in [0.05, 0.1) is 6.10 Å². The van der Waals surface area contributed by atoms with E-state index in [1.807, 2.05) is 0 Å². The summed E-state index contributed by atoms with van der Waals surface area (Å²) in [5.41, 5.74) is 4.83. The molecular formula is C30H48O. The molecule has 0 spiro atoms. The maximum absolute atomic E-state index is 10.9. The Morgan fingerprint density at radius 1 is 0.806 bits per heavy atom. The number of fused-ring (bicyclic) bond motifs is 7. The van der Waals surface area contributed by atoms with Gasteiger partial charge in [-0.25, -0.2) is 0 Å². The van der Waals surface area contributed by atoms with Crippen molar-refractivity contribution >= 4 is 0 Å². The molecule has 0 bridgehead atoms. The van der Waals surface area contributed by atoms with Gasteiger partial charge in [-0.3, -0.25) is 0 Å². The Balaban J connectivity index is 1.66. The highest BCUT2D eigenvalue weighted by molar-refractivity contribution is 5.45. The number of hydrogen-bond acceptors (Lipinski definition) is 1. The van der Waals surface area contributed by atoms with Crippen LogP contribution in [0.25, 0.3) is 0 Å². The van der Waals surface area contributed by atoms with E-state index in [2.05, 4.69) is 67.5 Å². The van der Waals surface area contributed by atoms with Crippen molar-refractivity contribution in [3.05, 3.63) is 23.3 Å². The fourth-order valence-electron chi connectivity index (χ4n) is 10.4. The summed E-state index contributed by atoms with van der Waals surface area (Å²) in [7, 11) is 0. The molecular weight excluding hydrogens is 376 g/mol. The molecule has 0 radical (unpaired) electrons. The summed E-state index contributed by atoms with van der Waals surface area (Å²) in [6, 6.07) is 0. The Labute approximate surface area is 192 Å². The third kappa shape index (κ3) is 2.71. The molecule has 4 fully saturated rings. The van der Waals surface area contributed by atoms with Gasteiger partial charge in [0.25, 0.3) is 0 Å². The molecule has 0 heterocycles. The van der Waals surface area contributed by atoms with Crippen LogP contribution in [0.5, 0.6) is 0 Å². The third-order valence-corrected chi connectivity index (χ3v) is 12.4. The zero-order valence-corrected chi connectivity index (χ0v) is 21.6. The first kappa shape index (κ1) is 22.2. The number of allylic oxidation sites excluding steroid dienone is 4. The van der Waals surface area contributed by atoms with E-state index in [4.69, 9.17) is 0 Å². The molecule has 0 aromatic heterocycles. The lowest BCUT2D eigenvalue weighted by Gasteiger charge is -2.68. The van der Waals surface area contributed by atoms with Gasteiger partial charge in [-0.2, -0.15) is 0 Å². The summed E-state index contributed by atoms with van der Waals surface area (Å²) in [4.78, 5) is 0. The second kappa shape index (κ2) is 6.52. The maximum atomic E-state index is 10.9. The number of rotatable bonds is 0. The molecule has 4 saturated carbocycles. The van der Waals surface area contributed by atoms with E-state index in [-0.39, 0.29) is 27.8 Å². The fourth-order valence-corrected chi connectivity index (χ4v) is 10.4. The van der Waals surface area contributed by atoms with Crippen molar-refractivity contribution in [2.24, 2.45) is 50.7 Å². The monoisotopic (exact) mass is 424 g/mol. The van der Waals surface area contributed by atoms with Gasteiger partial charge in [-0.1, -0.05) is 78.7 Å². The lowest BCUT2D eigenvalue weighted by atomic mass is 9.36. The van der Waals surface area contributed by atoms with Gasteiger partial charge in [-0.15, -0.1) is 0 Å². The second-order valence-corrected chi connectivity index (χ2v) is 14.4. The Morgan fingerprint density at radius 2 is 1.52 bits per heavy atom. The van der Waals surface area contributed by atoms with Crippen molar-refractivity contribution in [1.82, 2.24) is 0 Å². The molecule has 0 aromatic rings. The molecule has 5 aliphatic carbocycles.